The summed E-state index contributed by atoms with van der Waals surface area (Å²) in [5, 5.41) is 0. The minimum Gasteiger partial charge on any atom is -0.207 e. The zero-order chi connectivity index (χ0) is 14.1. The van der Waals surface area contributed by atoms with Crippen LogP contribution >= 0.6 is 31.9 Å². The second-order valence-corrected chi connectivity index (χ2v) is 7.24. The van der Waals surface area contributed by atoms with E-state index in [9.17, 15) is 4.39 Å². The lowest BCUT2D eigenvalue weighted by atomic mass is 9.80. The molecule has 1 aliphatic rings. The molecule has 0 aliphatic heterocycles. The second-order valence-electron chi connectivity index (χ2n) is 5.34. The van der Waals surface area contributed by atoms with Gasteiger partial charge < -0.3 is 0 Å². The van der Waals surface area contributed by atoms with Crippen molar-refractivity contribution < 1.29 is 4.39 Å². The van der Waals surface area contributed by atoms with Gasteiger partial charge in [0.25, 0.3) is 0 Å². The fraction of sp³-hybridized carbons (Fsp3) is 0.294. The number of alkyl halides is 1. The van der Waals surface area contributed by atoms with Crippen molar-refractivity contribution in [2.45, 2.75) is 24.1 Å². The average molecular weight is 398 g/mol. The molecule has 0 saturated heterocycles. The van der Waals surface area contributed by atoms with Crippen molar-refractivity contribution in [3.63, 3.8) is 0 Å². The molecule has 104 valence electrons. The molecule has 3 heteroatoms. The lowest BCUT2D eigenvalue weighted by Crippen LogP contribution is -2.19. The maximum absolute atomic E-state index is 13.9. The van der Waals surface area contributed by atoms with Gasteiger partial charge in [0.05, 0.1) is 0 Å². The van der Waals surface area contributed by atoms with Gasteiger partial charge in [0.1, 0.15) is 5.82 Å². The van der Waals surface area contributed by atoms with E-state index >= 15 is 0 Å². The molecule has 0 fully saturated rings. The zero-order valence-electron chi connectivity index (χ0n) is 11.0. The minimum atomic E-state index is -0.105. The molecule has 20 heavy (non-hydrogen) atoms. The molecule has 0 heterocycles. The van der Waals surface area contributed by atoms with E-state index < -0.39 is 0 Å². The van der Waals surface area contributed by atoms with Crippen molar-refractivity contribution in [1.82, 2.24) is 0 Å². The quantitative estimate of drug-likeness (QED) is 0.559. The summed E-state index contributed by atoms with van der Waals surface area (Å²) < 4.78 is 14.9. The van der Waals surface area contributed by atoms with Crippen LogP contribution in [0.3, 0.4) is 0 Å². The predicted octanol–water partition coefficient (Wildman–Crippen LogP) is 5.83. The van der Waals surface area contributed by atoms with E-state index in [2.05, 4.69) is 56.1 Å². The van der Waals surface area contributed by atoms with Gasteiger partial charge in [0.15, 0.2) is 0 Å². The van der Waals surface area contributed by atoms with E-state index in [0.717, 1.165) is 29.3 Å². The molecule has 0 saturated carbocycles. The third-order valence-corrected chi connectivity index (χ3v) is 5.77. The molecule has 0 aromatic heterocycles. The molecule has 3 rings (SSSR count). The van der Waals surface area contributed by atoms with E-state index in [1.165, 1.54) is 11.1 Å². The molecule has 2 unspecified atom stereocenters. The molecule has 2 atom stereocenters. The first-order valence-corrected chi connectivity index (χ1v) is 8.52. The van der Waals surface area contributed by atoms with Gasteiger partial charge in [-0.1, -0.05) is 56.1 Å². The highest BCUT2D eigenvalue weighted by Gasteiger charge is 2.28. The van der Waals surface area contributed by atoms with Crippen molar-refractivity contribution in [2.75, 3.05) is 0 Å². The van der Waals surface area contributed by atoms with Gasteiger partial charge in [-0.25, -0.2) is 4.39 Å². The highest BCUT2D eigenvalue weighted by molar-refractivity contribution is 9.10. The summed E-state index contributed by atoms with van der Waals surface area (Å²) in [6, 6.07) is 13.7. The van der Waals surface area contributed by atoms with E-state index in [4.69, 9.17) is 0 Å². The molecular formula is C17H15Br2F. The molecule has 0 nitrogen and oxygen atoms in total. The van der Waals surface area contributed by atoms with Gasteiger partial charge in [0.2, 0.25) is 0 Å². The fourth-order valence-electron chi connectivity index (χ4n) is 2.96. The maximum atomic E-state index is 13.9. The van der Waals surface area contributed by atoms with Gasteiger partial charge in [-0.15, -0.1) is 0 Å². The van der Waals surface area contributed by atoms with Crippen LogP contribution in [0.5, 0.6) is 0 Å². The maximum Gasteiger partial charge on any atom is 0.126 e. The van der Waals surface area contributed by atoms with Gasteiger partial charge in [-0.05, 0) is 60.1 Å². The lowest BCUT2D eigenvalue weighted by Gasteiger charge is -2.30. The summed E-state index contributed by atoms with van der Waals surface area (Å²) in [5.74, 6) is 0.334. The summed E-state index contributed by atoms with van der Waals surface area (Å²) in [5.41, 5.74) is 3.58. The van der Waals surface area contributed by atoms with Crippen LogP contribution in [-0.4, -0.2) is 0 Å². The monoisotopic (exact) mass is 396 g/mol. The molecular weight excluding hydrogens is 383 g/mol. The summed E-state index contributed by atoms with van der Waals surface area (Å²) in [4.78, 5) is 0.311. The fourth-order valence-corrected chi connectivity index (χ4v) is 4.27. The number of hydrogen-bond donors (Lipinski definition) is 0. The van der Waals surface area contributed by atoms with Crippen LogP contribution in [0.15, 0.2) is 46.9 Å². The van der Waals surface area contributed by atoms with Crippen LogP contribution in [0.2, 0.25) is 0 Å². The Morgan fingerprint density at radius 3 is 2.80 bits per heavy atom. The molecule has 0 spiro atoms. The average Bonchev–Trinajstić information content (AvgIpc) is 2.46. The topological polar surface area (TPSA) is 0 Å². The van der Waals surface area contributed by atoms with Crippen LogP contribution < -0.4 is 0 Å². The first-order valence-electron chi connectivity index (χ1n) is 6.81. The van der Waals surface area contributed by atoms with E-state index in [0.29, 0.717) is 10.7 Å². The van der Waals surface area contributed by atoms with Crippen LogP contribution in [0.4, 0.5) is 4.39 Å². The van der Waals surface area contributed by atoms with Gasteiger partial charge >= 0.3 is 0 Å². The van der Waals surface area contributed by atoms with Crippen LogP contribution in [0.25, 0.3) is 0 Å². The summed E-state index contributed by atoms with van der Waals surface area (Å²) in [6.07, 6.45) is 2.95. The molecule has 2 aromatic carbocycles. The minimum absolute atomic E-state index is 0.105. The summed E-state index contributed by atoms with van der Waals surface area (Å²) >= 11 is 7.24. The normalized spacial score (nSPS) is 21.6. The van der Waals surface area contributed by atoms with Crippen molar-refractivity contribution in [1.29, 1.82) is 0 Å². The highest BCUT2D eigenvalue weighted by Crippen LogP contribution is 2.42. The highest BCUT2D eigenvalue weighted by atomic mass is 79.9. The first kappa shape index (κ1) is 14.3. The van der Waals surface area contributed by atoms with Crippen LogP contribution in [0.1, 0.15) is 27.9 Å². The van der Waals surface area contributed by atoms with Gasteiger partial charge in [-0.2, -0.15) is 0 Å². The van der Waals surface area contributed by atoms with Gasteiger partial charge in [-0.3, -0.25) is 0 Å². The number of halogens is 3. The van der Waals surface area contributed by atoms with Crippen molar-refractivity contribution in [3.8, 4) is 0 Å². The molecule has 1 aliphatic carbocycles. The SMILES string of the molecule is Fc1ccc(Br)cc1CC1CCc2ccccc2C1Br. The Morgan fingerprint density at radius 2 is 1.95 bits per heavy atom. The van der Waals surface area contributed by atoms with E-state index in [1.54, 1.807) is 12.1 Å². The van der Waals surface area contributed by atoms with Crippen LogP contribution in [-0.2, 0) is 12.8 Å². The van der Waals surface area contributed by atoms with E-state index in [-0.39, 0.29) is 5.82 Å². The number of fused-ring (bicyclic) bond motifs is 1. The van der Waals surface area contributed by atoms with Crippen molar-refractivity contribution >= 4 is 31.9 Å². The predicted molar refractivity (Wildman–Crippen MR) is 87.7 cm³/mol. The number of aryl methyl sites for hydroxylation is 1. The summed E-state index contributed by atoms with van der Waals surface area (Å²) in [6.45, 7) is 0. The largest absolute Gasteiger partial charge is 0.207 e. The Balaban J connectivity index is 1.84. The number of hydrogen-bond acceptors (Lipinski definition) is 0. The Hall–Kier alpha value is -0.670. The second kappa shape index (κ2) is 5.98. The Labute approximate surface area is 135 Å². The van der Waals surface area contributed by atoms with Crippen molar-refractivity contribution in [3.05, 3.63) is 69.4 Å². The molecule has 0 N–H and O–H groups in total. The smallest absolute Gasteiger partial charge is 0.126 e. The molecule has 0 radical (unpaired) electrons. The Morgan fingerprint density at radius 1 is 1.15 bits per heavy atom. The third kappa shape index (κ3) is 2.84. The molecule has 2 aromatic rings. The number of rotatable bonds is 2. The summed E-state index contributed by atoms with van der Waals surface area (Å²) in [7, 11) is 0. The molecule has 0 bridgehead atoms. The Bertz CT molecular complexity index is 624. The third-order valence-electron chi connectivity index (χ3n) is 4.04. The Kier molecular flexibility index (Phi) is 4.27. The van der Waals surface area contributed by atoms with Crippen LogP contribution in [0, 0.1) is 11.7 Å². The zero-order valence-corrected chi connectivity index (χ0v) is 14.1. The first-order chi connectivity index (χ1) is 9.65. The van der Waals surface area contributed by atoms with Gasteiger partial charge in [0, 0.05) is 9.30 Å². The molecule has 0 amide bonds. The number of benzene rings is 2. The standard InChI is InChI=1S/C17H15Br2F/c18-14-7-8-16(20)13(10-14)9-12-6-5-11-3-1-2-4-15(11)17(12)19/h1-4,7-8,10,12,17H,5-6,9H2. The van der Waals surface area contributed by atoms with Crippen molar-refractivity contribution in [2.24, 2.45) is 5.92 Å². The van der Waals surface area contributed by atoms with E-state index in [1.807, 2.05) is 6.07 Å². The lowest BCUT2D eigenvalue weighted by molar-refractivity contribution is 0.443.